The van der Waals surface area contributed by atoms with E-state index in [1.165, 1.54) is 25.3 Å². The molecule has 2 aromatic heterocycles. The van der Waals surface area contributed by atoms with Gasteiger partial charge in [0, 0.05) is 32.3 Å². The normalized spacial score (nSPS) is 20.7. The smallest absolute Gasteiger partial charge is 0.159 e. The maximum atomic E-state index is 4.73. The molecule has 0 N–H and O–H groups in total. The third-order valence-corrected chi connectivity index (χ3v) is 4.24. The molecule has 0 aromatic carbocycles. The monoisotopic (exact) mass is 258 g/mol. The van der Waals surface area contributed by atoms with Crippen LogP contribution in [0.3, 0.4) is 0 Å². The molecule has 4 nitrogen and oxygen atoms in total. The first-order valence-corrected chi connectivity index (χ1v) is 7.15. The number of pyridine rings is 1. The molecular weight excluding hydrogens is 236 g/mol. The van der Waals surface area contributed by atoms with Crippen molar-refractivity contribution in [3.05, 3.63) is 24.2 Å². The van der Waals surface area contributed by atoms with E-state index < -0.39 is 0 Å². The van der Waals surface area contributed by atoms with Gasteiger partial charge >= 0.3 is 0 Å². The van der Waals surface area contributed by atoms with Crippen LogP contribution in [0.15, 0.2) is 18.3 Å². The van der Waals surface area contributed by atoms with Crippen molar-refractivity contribution in [2.24, 2.45) is 13.0 Å². The maximum Gasteiger partial charge on any atom is 0.159 e. The molecule has 3 rings (SSSR count). The second-order valence-electron chi connectivity index (χ2n) is 5.88. The van der Waals surface area contributed by atoms with E-state index in [2.05, 4.69) is 35.3 Å². The van der Waals surface area contributed by atoms with Crippen LogP contribution in [0, 0.1) is 5.92 Å². The fraction of sp³-hybridized carbons (Fsp3) is 0.600. The van der Waals surface area contributed by atoms with Crippen LogP contribution in [-0.4, -0.2) is 38.6 Å². The molecule has 1 aliphatic rings. The molecule has 1 aliphatic heterocycles. The van der Waals surface area contributed by atoms with E-state index in [9.17, 15) is 0 Å². The van der Waals surface area contributed by atoms with Gasteiger partial charge in [-0.3, -0.25) is 0 Å². The molecule has 2 aromatic rings. The summed E-state index contributed by atoms with van der Waals surface area (Å²) in [6.07, 6.45) is 4.19. The summed E-state index contributed by atoms with van der Waals surface area (Å²) in [5, 5.41) is 0. The SMILES string of the molecule is CC(C)N1CCC(Cc2nc3cccnc3n2C)C1. The lowest BCUT2D eigenvalue weighted by atomic mass is 10.0. The predicted molar refractivity (Wildman–Crippen MR) is 77.0 cm³/mol. The van der Waals surface area contributed by atoms with Crippen molar-refractivity contribution in [3.63, 3.8) is 0 Å². The molecule has 0 aliphatic carbocycles. The zero-order valence-electron chi connectivity index (χ0n) is 12.0. The molecule has 0 amide bonds. The summed E-state index contributed by atoms with van der Waals surface area (Å²) in [5.74, 6) is 1.90. The summed E-state index contributed by atoms with van der Waals surface area (Å²) < 4.78 is 2.15. The summed E-state index contributed by atoms with van der Waals surface area (Å²) >= 11 is 0. The van der Waals surface area contributed by atoms with Gasteiger partial charge in [0.15, 0.2) is 5.65 Å². The fourth-order valence-corrected chi connectivity index (χ4v) is 3.01. The van der Waals surface area contributed by atoms with E-state index >= 15 is 0 Å². The lowest BCUT2D eigenvalue weighted by Crippen LogP contribution is -2.28. The summed E-state index contributed by atoms with van der Waals surface area (Å²) in [6.45, 7) is 6.99. The van der Waals surface area contributed by atoms with E-state index in [0.29, 0.717) is 6.04 Å². The Morgan fingerprint density at radius 2 is 2.26 bits per heavy atom. The molecule has 0 saturated carbocycles. The van der Waals surface area contributed by atoms with Crippen molar-refractivity contribution in [1.29, 1.82) is 0 Å². The number of likely N-dealkylation sites (tertiary alicyclic amines) is 1. The zero-order valence-corrected chi connectivity index (χ0v) is 12.0. The maximum absolute atomic E-state index is 4.73. The van der Waals surface area contributed by atoms with Gasteiger partial charge < -0.3 is 9.47 Å². The van der Waals surface area contributed by atoms with Gasteiger partial charge in [0.25, 0.3) is 0 Å². The summed E-state index contributed by atoms with van der Waals surface area (Å²) in [5.41, 5.74) is 2.01. The average molecular weight is 258 g/mol. The van der Waals surface area contributed by atoms with Crippen molar-refractivity contribution in [2.75, 3.05) is 13.1 Å². The molecule has 1 unspecified atom stereocenters. The Labute approximate surface area is 114 Å². The Kier molecular flexibility index (Phi) is 3.27. The molecule has 0 radical (unpaired) electrons. The van der Waals surface area contributed by atoms with Crippen LogP contribution in [0.5, 0.6) is 0 Å². The highest BCUT2D eigenvalue weighted by Gasteiger charge is 2.25. The standard InChI is InChI=1S/C15H22N4/c1-11(2)19-8-6-12(10-19)9-14-17-13-5-4-7-16-15(13)18(14)3/h4-5,7,11-12H,6,8-10H2,1-3H3. The number of imidazole rings is 1. The van der Waals surface area contributed by atoms with Crippen molar-refractivity contribution in [3.8, 4) is 0 Å². The molecule has 4 heteroatoms. The van der Waals surface area contributed by atoms with Crippen molar-refractivity contribution in [1.82, 2.24) is 19.4 Å². The summed E-state index contributed by atoms with van der Waals surface area (Å²) in [6, 6.07) is 4.66. The largest absolute Gasteiger partial charge is 0.316 e. The van der Waals surface area contributed by atoms with E-state index in [1.54, 1.807) is 0 Å². The number of hydrogen-bond acceptors (Lipinski definition) is 3. The van der Waals surface area contributed by atoms with Gasteiger partial charge in [0.1, 0.15) is 11.3 Å². The molecule has 0 bridgehead atoms. The highest BCUT2D eigenvalue weighted by atomic mass is 15.2. The van der Waals surface area contributed by atoms with Crippen molar-refractivity contribution in [2.45, 2.75) is 32.7 Å². The summed E-state index contributed by atoms with van der Waals surface area (Å²) in [4.78, 5) is 11.7. The van der Waals surface area contributed by atoms with E-state index in [4.69, 9.17) is 4.98 Å². The Morgan fingerprint density at radius 3 is 2.95 bits per heavy atom. The minimum Gasteiger partial charge on any atom is -0.316 e. The third kappa shape index (κ3) is 2.37. The van der Waals surface area contributed by atoms with Gasteiger partial charge in [0.05, 0.1) is 0 Å². The number of hydrogen-bond donors (Lipinski definition) is 0. The van der Waals surface area contributed by atoms with Gasteiger partial charge in [0.2, 0.25) is 0 Å². The van der Waals surface area contributed by atoms with E-state index in [1.807, 2.05) is 18.3 Å². The van der Waals surface area contributed by atoms with Crippen molar-refractivity contribution >= 4 is 11.2 Å². The predicted octanol–water partition coefficient (Wildman–Crippen LogP) is 2.24. The molecule has 1 fully saturated rings. The number of rotatable bonds is 3. The molecule has 19 heavy (non-hydrogen) atoms. The van der Waals surface area contributed by atoms with E-state index in [0.717, 1.165) is 23.5 Å². The zero-order chi connectivity index (χ0) is 13.4. The Bertz CT molecular complexity index is 573. The molecule has 3 heterocycles. The van der Waals surface area contributed by atoms with Gasteiger partial charge in [-0.2, -0.15) is 0 Å². The fourth-order valence-electron chi connectivity index (χ4n) is 3.01. The van der Waals surface area contributed by atoms with Gasteiger partial charge in [-0.1, -0.05) is 0 Å². The first kappa shape index (κ1) is 12.6. The number of aromatic nitrogens is 3. The van der Waals surface area contributed by atoms with Crippen molar-refractivity contribution < 1.29 is 0 Å². The van der Waals surface area contributed by atoms with Gasteiger partial charge in [-0.05, 0) is 44.9 Å². The lowest BCUT2D eigenvalue weighted by molar-refractivity contribution is 0.264. The highest BCUT2D eigenvalue weighted by Crippen LogP contribution is 2.23. The summed E-state index contributed by atoms with van der Waals surface area (Å²) in [7, 11) is 2.08. The third-order valence-electron chi connectivity index (χ3n) is 4.24. The van der Waals surface area contributed by atoms with Crippen LogP contribution in [-0.2, 0) is 13.5 Å². The Hall–Kier alpha value is -1.42. The molecule has 0 spiro atoms. The van der Waals surface area contributed by atoms with Gasteiger partial charge in [-0.15, -0.1) is 0 Å². The number of fused-ring (bicyclic) bond motifs is 1. The molecule has 1 saturated heterocycles. The van der Waals surface area contributed by atoms with Crippen LogP contribution < -0.4 is 0 Å². The van der Waals surface area contributed by atoms with Gasteiger partial charge in [-0.25, -0.2) is 9.97 Å². The topological polar surface area (TPSA) is 34.0 Å². The minimum atomic E-state index is 0.659. The Balaban J connectivity index is 1.77. The van der Waals surface area contributed by atoms with Crippen LogP contribution in [0.25, 0.3) is 11.2 Å². The number of aryl methyl sites for hydroxylation is 1. The van der Waals surface area contributed by atoms with E-state index in [-0.39, 0.29) is 0 Å². The second kappa shape index (κ2) is 4.93. The van der Waals surface area contributed by atoms with Crippen LogP contribution in [0.4, 0.5) is 0 Å². The van der Waals surface area contributed by atoms with Crippen LogP contribution in [0.2, 0.25) is 0 Å². The number of nitrogens with zero attached hydrogens (tertiary/aromatic N) is 4. The first-order valence-electron chi connectivity index (χ1n) is 7.15. The second-order valence-corrected chi connectivity index (χ2v) is 5.88. The molecule has 1 atom stereocenters. The quantitative estimate of drug-likeness (QED) is 0.846. The highest BCUT2D eigenvalue weighted by molar-refractivity contribution is 5.70. The van der Waals surface area contributed by atoms with Crippen LogP contribution >= 0.6 is 0 Å². The average Bonchev–Trinajstić information content (AvgIpc) is 2.97. The first-order chi connectivity index (χ1) is 9.15. The van der Waals surface area contributed by atoms with Crippen LogP contribution in [0.1, 0.15) is 26.1 Å². The lowest BCUT2D eigenvalue weighted by Gasteiger charge is -2.20. The Morgan fingerprint density at radius 1 is 1.42 bits per heavy atom. The molecule has 102 valence electrons. The molecular formula is C15H22N4. The minimum absolute atomic E-state index is 0.659.